The van der Waals surface area contributed by atoms with Crippen molar-refractivity contribution >= 4 is 23.4 Å². The summed E-state index contributed by atoms with van der Waals surface area (Å²) in [6.07, 6.45) is 16.2. The van der Waals surface area contributed by atoms with Gasteiger partial charge in [-0.2, -0.15) is 0 Å². The number of hydrogen-bond acceptors (Lipinski definition) is 4. The second kappa shape index (κ2) is 27.0. The highest BCUT2D eigenvalue weighted by Crippen LogP contribution is 2.31. The summed E-state index contributed by atoms with van der Waals surface area (Å²) in [5.41, 5.74) is 8.16. The summed E-state index contributed by atoms with van der Waals surface area (Å²) in [6, 6.07) is 0.381. The molecule has 252 valence electrons. The summed E-state index contributed by atoms with van der Waals surface area (Å²) >= 11 is 1.63. The van der Waals surface area contributed by atoms with Crippen LogP contribution in [0.3, 0.4) is 0 Å². The van der Waals surface area contributed by atoms with E-state index in [0.717, 1.165) is 66.6 Å². The molecule has 0 radical (unpaired) electrons. The van der Waals surface area contributed by atoms with Crippen LogP contribution in [0.2, 0.25) is 0 Å². The lowest BCUT2D eigenvalue weighted by Gasteiger charge is -2.24. The fourth-order valence-corrected chi connectivity index (χ4v) is 5.69. The van der Waals surface area contributed by atoms with Gasteiger partial charge in [-0.1, -0.05) is 126 Å². The lowest BCUT2D eigenvalue weighted by atomic mass is 9.88. The molecule has 5 atom stereocenters. The number of hydrogen-bond donors (Lipinski definition) is 2. The molecular formula is C38H73N3OS. The minimum absolute atomic E-state index is 0.0711. The van der Waals surface area contributed by atoms with Crippen molar-refractivity contribution in [2.75, 3.05) is 6.54 Å². The Morgan fingerprint density at radius 2 is 1.53 bits per heavy atom. The van der Waals surface area contributed by atoms with Crippen molar-refractivity contribution in [1.82, 2.24) is 5.32 Å². The Labute approximate surface area is 273 Å². The van der Waals surface area contributed by atoms with E-state index in [4.69, 9.17) is 10.7 Å². The van der Waals surface area contributed by atoms with Crippen molar-refractivity contribution in [3.63, 3.8) is 0 Å². The summed E-state index contributed by atoms with van der Waals surface area (Å²) in [6.45, 7) is 28.9. The van der Waals surface area contributed by atoms with Gasteiger partial charge in [0.25, 0.3) is 5.91 Å². The summed E-state index contributed by atoms with van der Waals surface area (Å²) in [5, 5.41) is 5.48. The molecule has 5 heteroatoms. The smallest absolute Gasteiger partial charge is 0.250 e. The zero-order valence-electron chi connectivity index (χ0n) is 30.8. The number of nitrogens with two attached hydrogens (primary N) is 1. The largest absolute Gasteiger partial charge is 0.349 e. The second-order valence-electron chi connectivity index (χ2n) is 13.0. The Balaban J connectivity index is 0. The zero-order chi connectivity index (χ0) is 33.4. The molecule has 1 heterocycles. The van der Waals surface area contributed by atoms with E-state index in [-0.39, 0.29) is 18.0 Å². The highest BCUT2D eigenvalue weighted by atomic mass is 32.2. The van der Waals surface area contributed by atoms with E-state index in [0.29, 0.717) is 24.3 Å². The van der Waals surface area contributed by atoms with Gasteiger partial charge < -0.3 is 11.1 Å². The van der Waals surface area contributed by atoms with Gasteiger partial charge in [0.1, 0.15) is 0 Å². The van der Waals surface area contributed by atoms with Gasteiger partial charge in [0, 0.05) is 22.7 Å². The molecule has 0 saturated heterocycles. The molecule has 43 heavy (non-hydrogen) atoms. The van der Waals surface area contributed by atoms with Crippen LogP contribution in [0.5, 0.6) is 0 Å². The second-order valence-corrected chi connectivity index (χ2v) is 14.0. The van der Waals surface area contributed by atoms with Gasteiger partial charge >= 0.3 is 0 Å². The zero-order valence-corrected chi connectivity index (χ0v) is 31.6. The van der Waals surface area contributed by atoms with Crippen LogP contribution in [0.15, 0.2) is 39.1 Å². The van der Waals surface area contributed by atoms with Gasteiger partial charge in [-0.05, 0) is 86.9 Å². The first kappa shape index (κ1) is 43.8. The van der Waals surface area contributed by atoms with Crippen molar-refractivity contribution in [3.05, 3.63) is 34.1 Å². The van der Waals surface area contributed by atoms with Gasteiger partial charge in [-0.25, -0.2) is 0 Å². The average Bonchev–Trinajstić information content (AvgIpc) is 3.40. The molecule has 0 aromatic carbocycles. The fraction of sp³-hybridized carbons (Fsp3) is 0.789. The highest BCUT2D eigenvalue weighted by Gasteiger charge is 2.27. The van der Waals surface area contributed by atoms with Crippen LogP contribution in [0.4, 0.5) is 0 Å². The first-order valence-electron chi connectivity index (χ1n) is 17.7. The Hall–Kier alpha value is -1.33. The van der Waals surface area contributed by atoms with Crippen LogP contribution in [-0.2, 0) is 4.79 Å². The normalized spacial score (nSPS) is 16.9. The third-order valence-corrected chi connectivity index (χ3v) is 9.24. The predicted octanol–water partition coefficient (Wildman–Crippen LogP) is 11.1. The summed E-state index contributed by atoms with van der Waals surface area (Å²) in [4.78, 5) is 19.3. The van der Waals surface area contributed by atoms with Crippen molar-refractivity contribution < 1.29 is 4.79 Å². The van der Waals surface area contributed by atoms with Crippen LogP contribution in [0.25, 0.3) is 0 Å². The quantitative estimate of drug-likeness (QED) is 0.141. The number of thioether (sulfide) groups is 1. The minimum Gasteiger partial charge on any atom is -0.349 e. The fourth-order valence-electron chi connectivity index (χ4n) is 4.81. The molecule has 0 bridgehead atoms. The Kier molecular flexibility index (Phi) is 27.5. The number of amides is 1. The van der Waals surface area contributed by atoms with Crippen LogP contribution in [-0.4, -0.2) is 30.2 Å². The molecule has 0 aromatic heterocycles. The summed E-state index contributed by atoms with van der Waals surface area (Å²) in [5.74, 6) is 3.31. The molecule has 0 aromatic rings. The van der Waals surface area contributed by atoms with Crippen LogP contribution >= 0.6 is 11.8 Å². The topological polar surface area (TPSA) is 67.5 Å². The molecule has 4 nitrogen and oxygen atoms in total. The monoisotopic (exact) mass is 620 g/mol. The third kappa shape index (κ3) is 21.1. The van der Waals surface area contributed by atoms with E-state index >= 15 is 0 Å². The van der Waals surface area contributed by atoms with E-state index in [2.05, 4.69) is 92.1 Å². The van der Waals surface area contributed by atoms with Gasteiger partial charge in [0.05, 0.1) is 12.1 Å². The number of aliphatic imine (C=N–C) groups is 1. The number of carbonyl (C=O) groups excluding carboxylic acids is 1. The van der Waals surface area contributed by atoms with Crippen molar-refractivity contribution in [3.8, 4) is 0 Å². The summed E-state index contributed by atoms with van der Waals surface area (Å²) < 4.78 is 0. The number of rotatable bonds is 19. The van der Waals surface area contributed by atoms with Gasteiger partial charge in [0.15, 0.2) is 0 Å². The average molecular weight is 620 g/mol. The third-order valence-electron chi connectivity index (χ3n) is 8.12. The molecule has 0 saturated carbocycles. The number of nitrogens with zero attached hydrogens (tertiary/aromatic N) is 1. The maximum atomic E-state index is 13.5. The van der Waals surface area contributed by atoms with Crippen LogP contribution < -0.4 is 11.1 Å². The molecule has 3 N–H and O–H groups in total. The van der Waals surface area contributed by atoms with Crippen LogP contribution in [0, 0.1) is 29.6 Å². The summed E-state index contributed by atoms with van der Waals surface area (Å²) in [7, 11) is 0. The van der Waals surface area contributed by atoms with Gasteiger partial charge in [0.2, 0.25) is 0 Å². The molecule has 1 aliphatic heterocycles. The Bertz CT molecular complexity index is 827. The van der Waals surface area contributed by atoms with E-state index in [1.165, 1.54) is 19.3 Å². The SMILES string of the molecule is C/C=C/SC1=C(C(=O)NC(CCC(C)CC(C)CC)CC(C)CC)CN=C1CCC(N)C(C)C.CC.CC/C=C\C(C)C. The highest BCUT2D eigenvalue weighted by molar-refractivity contribution is 8.06. The van der Waals surface area contributed by atoms with Gasteiger partial charge in [-0.15, -0.1) is 0 Å². The molecule has 1 amide bonds. The molecule has 1 aliphatic rings. The van der Waals surface area contributed by atoms with Crippen molar-refractivity contribution in [2.24, 2.45) is 40.3 Å². The Morgan fingerprint density at radius 3 is 2.02 bits per heavy atom. The standard InChI is InChI=1S/C29H53N3OS.C7H14.C2H6/c1-9-16-34-28-25(19-31-27(28)15-14-26(30)20(4)5)29(33)32-24(18-22(7)11-3)13-12-23(8)17-21(6)10-2;1-4-5-6-7(2)3;1-2/h9,16,20-24,26H,10-15,17-19,30H2,1-8H3,(H,32,33);5-7H,4H2,1-3H3;1-2H3/b16-9+;6-5-;. The number of carbonyl (C=O) groups is 1. The van der Waals surface area contributed by atoms with Crippen molar-refractivity contribution in [1.29, 1.82) is 0 Å². The minimum atomic E-state index is 0.0711. The molecule has 0 fully saturated rings. The maximum absolute atomic E-state index is 13.5. The van der Waals surface area contributed by atoms with Gasteiger partial charge in [-0.3, -0.25) is 9.79 Å². The first-order valence-corrected chi connectivity index (χ1v) is 18.5. The molecule has 0 aliphatic carbocycles. The van der Waals surface area contributed by atoms with E-state index in [1.54, 1.807) is 11.8 Å². The maximum Gasteiger partial charge on any atom is 0.250 e. The first-order chi connectivity index (χ1) is 20.4. The van der Waals surface area contributed by atoms with E-state index < -0.39 is 0 Å². The van der Waals surface area contributed by atoms with E-state index in [1.807, 2.05) is 26.8 Å². The van der Waals surface area contributed by atoms with Crippen LogP contribution in [0.1, 0.15) is 148 Å². The molecule has 0 spiro atoms. The lowest BCUT2D eigenvalue weighted by Crippen LogP contribution is -2.38. The Morgan fingerprint density at radius 1 is 0.930 bits per heavy atom. The molecular weight excluding hydrogens is 547 g/mol. The van der Waals surface area contributed by atoms with Crippen molar-refractivity contribution in [2.45, 2.75) is 160 Å². The number of nitrogens with one attached hydrogen (secondary N) is 1. The predicted molar refractivity (Wildman–Crippen MR) is 198 cm³/mol. The lowest BCUT2D eigenvalue weighted by molar-refractivity contribution is -0.118. The number of allylic oxidation sites excluding steroid dienone is 4. The molecule has 1 rings (SSSR count). The molecule has 5 unspecified atom stereocenters. The van der Waals surface area contributed by atoms with E-state index in [9.17, 15) is 4.79 Å².